The number of carbonyl (C=O) groups excluding carboxylic acids is 1. The van der Waals surface area contributed by atoms with E-state index in [9.17, 15) is 18.0 Å². The van der Waals surface area contributed by atoms with Crippen molar-refractivity contribution in [3.63, 3.8) is 0 Å². The summed E-state index contributed by atoms with van der Waals surface area (Å²) in [5.41, 5.74) is 1.39. The number of benzene rings is 2. The van der Waals surface area contributed by atoms with E-state index in [0.29, 0.717) is 13.0 Å². The average molecular weight is 531 g/mol. The van der Waals surface area contributed by atoms with Gasteiger partial charge >= 0.3 is 6.18 Å². The predicted molar refractivity (Wildman–Crippen MR) is 149 cm³/mol. The molecule has 0 aliphatic carbocycles. The molecule has 1 fully saturated rings. The zero-order chi connectivity index (χ0) is 27.2. The Morgan fingerprint density at radius 1 is 0.816 bits per heavy atom. The molecule has 3 nitrogen and oxygen atoms in total. The Bertz CT molecular complexity index is 922. The molecule has 0 spiro atoms. The maximum atomic E-state index is 13.4. The minimum absolute atomic E-state index is 0.121. The van der Waals surface area contributed by atoms with Crippen molar-refractivity contribution in [1.82, 2.24) is 9.80 Å². The standard InChI is InChI=1S/C32H45F3N2O/c1-2-3-4-5-6-7-8-9-13-16-31(38)37(26-28-17-19-29(20-18-28)32(33,34)35)30-21-23-36(24-22-30)25-27-14-11-10-12-15-27/h10-12,14-15,17-20,30H,2-9,13,16,21-26H2,1H3. The van der Waals surface area contributed by atoms with Crippen molar-refractivity contribution in [3.05, 3.63) is 71.3 Å². The minimum atomic E-state index is -4.35. The summed E-state index contributed by atoms with van der Waals surface area (Å²) in [4.78, 5) is 17.8. The molecule has 1 saturated heterocycles. The first-order chi connectivity index (χ1) is 18.4. The number of hydrogen-bond acceptors (Lipinski definition) is 2. The number of rotatable bonds is 15. The smallest absolute Gasteiger partial charge is 0.335 e. The molecule has 3 rings (SSSR count). The summed E-state index contributed by atoms with van der Waals surface area (Å²) >= 11 is 0. The lowest BCUT2D eigenvalue weighted by atomic mass is 10.00. The highest BCUT2D eigenvalue weighted by Crippen LogP contribution is 2.30. The Kier molecular flexibility index (Phi) is 12.7. The third-order valence-corrected chi connectivity index (χ3v) is 7.70. The van der Waals surface area contributed by atoms with Gasteiger partial charge < -0.3 is 4.90 Å². The number of carbonyl (C=O) groups is 1. The first-order valence-corrected chi connectivity index (χ1v) is 14.6. The van der Waals surface area contributed by atoms with Crippen LogP contribution >= 0.6 is 0 Å². The third kappa shape index (κ3) is 10.4. The van der Waals surface area contributed by atoms with Crippen LogP contribution in [0.1, 0.15) is 101 Å². The lowest BCUT2D eigenvalue weighted by Gasteiger charge is -2.39. The molecule has 0 atom stereocenters. The Morgan fingerprint density at radius 3 is 1.97 bits per heavy atom. The first kappa shape index (κ1) is 30.2. The highest BCUT2D eigenvalue weighted by Gasteiger charge is 2.31. The van der Waals surface area contributed by atoms with Gasteiger partial charge in [0, 0.05) is 38.6 Å². The van der Waals surface area contributed by atoms with E-state index in [4.69, 9.17) is 0 Å². The van der Waals surface area contributed by atoms with Gasteiger partial charge in [0.2, 0.25) is 5.91 Å². The maximum absolute atomic E-state index is 13.4. The van der Waals surface area contributed by atoms with Gasteiger partial charge in [-0.2, -0.15) is 13.2 Å². The fourth-order valence-electron chi connectivity index (χ4n) is 5.38. The molecule has 2 aromatic carbocycles. The van der Waals surface area contributed by atoms with Crippen LogP contribution in [-0.2, 0) is 24.1 Å². The topological polar surface area (TPSA) is 23.6 Å². The summed E-state index contributed by atoms with van der Waals surface area (Å²) in [5.74, 6) is 0.134. The van der Waals surface area contributed by atoms with E-state index in [0.717, 1.165) is 69.4 Å². The van der Waals surface area contributed by atoms with Gasteiger partial charge in [-0.1, -0.05) is 101 Å². The monoisotopic (exact) mass is 530 g/mol. The number of piperidine rings is 1. The molecule has 210 valence electrons. The molecule has 6 heteroatoms. The largest absolute Gasteiger partial charge is 0.416 e. The van der Waals surface area contributed by atoms with E-state index in [-0.39, 0.29) is 11.9 Å². The van der Waals surface area contributed by atoms with Gasteiger partial charge in [0.1, 0.15) is 0 Å². The van der Waals surface area contributed by atoms with Crippen LogP contribution < -0.4 is 0 Å². The van der Waals surface area contributed by atoms with Crippen molar-refractivity contribution >= 4 is 5.91 Å². The Hall–Kier alpha value is -2.34. The molecule has 0 radical (unpaired) electrons. The van der Waals surface area contributed by atoms with Crippen molar-refractivity contribution in [2.45, 2.75) is 109 Å². The van der Waals surface area contributed by atoms with E-state index >= 15 is 0 Å². The second-order valence-corrected chi connectivity index (χ2v) is 10.8. The van der Waals surface area contributed by atoms with E-state index in [1.807, 2.05) is 11.0 Å². The van der Waals surface area contributed by atoms with Crippen molar-refractivity contribution in [3.8, 4) is 0 Å². The summed E-state index contributed by atoms with van der Waals surface area (Å²) in [5, 5.41) is 0. The first-order valence-electron chi connectivity index (χ1n) is 14.6. The van der Waals surface area contributed by atoms with Crippen molar-refractivity contribution < 1.29 is 18.0 Å². The molecule has 0 unspecified atom stereocenters. The quantitative estimate of drug-likeness (QED) is 0.215. The molecule has 2 aromatic rings. The second-order valence-electron chi connectivity index (χ2n) is 10.8. The summed E-state index contributed by atoms with van der Waals surface area (Å²) in [6, 6.07) is 15.8. The van der Waals surface area contributed by atoms with E-state index in [2.05, 4.69) is 36.1 Å². The minimum Gasteiger partial charge on any atom is -0.335 e. The van der Waals surface area contributed by atoms with Crippen LogP contribution in [0.4, 0.5) is 13.2 Å². The molecule has 0 bridgehead atoms. The van der Waals surface area contributed by atoms with Crippen LogP contribution in [-0.4, -0.2) is 34.8 Å². The van der Waals surface area contributed by atoms with Crippen LogP contribution in [0.25, 0.3) is 0 Å². The molecule has 0 saturated carbocycles. The SMILES string of the molecule is CCCCCCCCCCCC(=O)N(Cc1ccc(C(F)(F)F)cc1)C1CCN(Cc2ccccc2)CC1. The normalized spacial score (nSPS) is 15.1. The van der Waals surface area contributed by atoms with Crippen molar-refractivity contribution in [2.24, 2.45) is 0 Å². The number of likely N-dealkylation sites (tertiary alicyclic amines) is 1. The Labute approximate surface area is 227 Å². The second kappa shape index (κ2) is 15.9. The van der Waals surface area contributed by atoms with Crippen molar-refractivity contribution in [1.29, 1.82) is 0 Å². The molecule has 0 aromatic heterocycles. The van der Waals surface area contributed by atoms with Crippen LogP contribution in [0, 0.1) is 0 Å². The molecule has 1 amide bonds. The molecule has 38 heavy (non-hydrogen) atoms. The van der Waals surface area contributed by atoms with Crippen LogP contribution in [0.5, 0.6) is 0 Å². The molecule has 0 N–H and O–H groups in total. The highest BCUT2D eigenvalue weighted by molar-refractivity contribution is 5.76. The lowest BCUT2D eigenvalue weighted by molar-refractivity contribution is -0.138. The van der Waals surface area contributed by atoms with Crippen molar-refractivity contribution in [2.75, 3.05) is 13.1 Å². The van der Waals surface area contributed by atoms with E-state index in [1.165, 1.54) is 56.2 Å². The zero-order valence-electron chi connectivity index (χ0n) is 23.0. The van der Waals surface area contributed by atoms with Crippen LogP contribution in [0.3, 0.4) is 0 Å². The van der Waals surface area contributed by atoms with Gasteiger partial charge in [0.25, 0.3) is 0 Å². The van der Waals surface area contributed by atoms with Gasteiger partial charge in [-0.15, -0.1) is 0 Å². The summed E-state index contributed by atoms with van der Waals surface area (Å²) in [7, 11) is 0. The number of halogens is 3. The van der Waals surface area contributed by atoms with Gasteiger partial charge in [-0.25, -0.2) is 0 Å². The van der Waals surface area contributed by atoms with Gasteiger partial charge in [0.15, 0.2) is 0 Å². The summed E-state index contributed by atoms with van der Waals surface area (Å²) in [6.07, 6.45) is 8.73. The molecular weight excluding hydrogens is 485 g/mol. The molecule has 1 aliphatic rings. The fraction of sp³-hybridized carbons (Fsp3) is 0.594. The zero-order valence-corrected chi connectivity index (χ0v) is 23.0. The maximum Gasteiger partial charge on any atom is 0.416 e. The van der Waals surface area contributed by atoms with Gasteiger partial charge in [-0.05, 0) is 42.5 Å². The number of alkyl halides is 3. The third-order valence-electron chi connectivity index (χ3n) is 7.70. The highest BCUT2D eigenvalue weighted by atomic mass is 19.4. The molecule has 1 heterocycles. The van der Waals surface area contributed by atoms with Crippen LogP contribution in [0.15, 0.2) is 54.6 Å². The Morgan fingerprint density at radius 2 is 1.39 bits per heavy atom. The van der Waals surface area contributed by atoms with Crippen LogP contribution in [0.2, 0.25) is 0 Å². The number of nitrogens with zero attached hydrogens (tertiary/aromatic N) is 2. The van der Waals surface area contributed by atoms with Gasteiger partial charge in [0.05, 0.1) is 5.56 Å². The molecule has 1 aliphatic heterocycles. The Balaban J connectivity index is 1.53. The average Bonchev–Trinajstić information content (AvgIpc) is 2.91. The predicted octanol–water partition coefficient (Wildman–Crippen LogP) is 8.62. The number of unbranched alkanes of at least 4 members (excludes halogenated alkanes) is 8. The number of hydrogen-bond donors (Lipinski definition) is 0. The van der Waals surface area contributed by atoms with E-state index in [1.54, 1.807) is 0 Å². The summed E-state index contributed by atoms with van der Waals surface area (Å²) in [6.45, 7) is 5.32. The van der Waals surface area contributed by atoms with Gasteiger partial charge in [-0.3, -0.25) is 9.69 Å². The fourth-order valence-corrected chi connectivity index (χ4v) is 5.38. The van der Waals surface area contributed by atoms with E-state index < -0.39 is 11.7 Å². The summed E-state index contributed by atoms with van der Waals surface area (Å²) < 4.78 is 39.1. The molecular formula is C32H45F3N2O. The number of amides is 1. The lowest BCUT2D eigenvalue weighted by Crippen LogP contribution is -2.46.